The number of benzene rings is 1. The summed E-state index contributed by atoms with van der Waals surface area (Å²) in [5.41, 5.74) is 0.923. The summed E-state index contributed by atoms with van der Waals surface area (Å²) in [6.45, 7) is 6.31. The van der Waals surface area contributed by atoms with E-state index in [1.807, 2.05) is 30.3 Å². The Bertz CT molecular complexity index is 578. The van der Waals surface area contributed by atoms with Gasteiger partial charge in [0.05, 0.1) is 6.61 Å². The number of esters is 1. The van der Waals surface area contributed by atoms with Crippen molar-refractivity contribution in [1.82, 2.24) is 15.2 Å². The van der Waals surface area contributed by atoms with Gasteiger partial charge < -0.3 is 4.74 Å². The predicted octanol–water partition coefficient (Wildman–Crippen LogP) is 3.16. The lowest BCUT2D eigenvalue weighted by Crippen LogP contribution is -2.19. The number of aromatic nitrogens is 3. The van der Waals surface area contributed by atoms with Gasteiger partial charge in [0.15, 0.2) is 5.82 Å². The quantitative estimate of drug-likeness (QED) is 0.829. The lowest BCUT2D eigenvalue weighted by Gasteiger charge is -2.14. The zero-order valence-corrected chi connectivity index (χ0v) is 12.7. The number of ether oxygens (including phenoxy) is 1. The average Bonchev–Trinajstić information content (AvgIpc) is 2.95. The molecule has 2 rings (SSSR count). The maximum absolute atomic E-state index is 12.1. The summed E-state index contributed by atoms with van der Waals surface area (Å²) in [5.74, 6) is 0.895. The molecule has 1 N–H and O–H groups in total. The molecule has 1 heterocycles. The first-order chi connectivity index (χ1) is 10.1. The van der Waals surface area contributed by atoms with E-state index >= 15 is 0 Å². The van der Waals surface area contributed by atoms with Gasteiger partial charge in [-0.2, -0.15) is 5.10 Å². The number of aromatic amines is 1. The highest BCUT2D eigenvalue weighted by Gasteiger charge is 2.26. The van der Waals surface area contributed by atoms with Crippen molar-refractivity contribution >= 4 is 5.97 Å². The summed E-state index contributed by atoms with van der Waals surface area (Å²) >= 11 is 0. The minimum atomic E-state index is -0.394. The number of rotatable bonds is 6. The van der Waals surface area contributed by atoms with Gasteiger partial charge in [-0.1, -0.05) is 44.2 Å². The normalized spacial score (nSPS) is 12.4. The van der Waals surface area contributed by atoms with Gasteiger partial charge in [0, 0.05) is 5.56 Å². The first kappa shape index (κ1) is 15.2. The lowest BCUT2D eigenvalue weighted by atomic mass is 9.96. The van der Waals surface area contributed by atoms with Gasteiger partial charge in [0.1, 0.15) is 11.7 Å². The predicted molar refractivity (Wildman–Crippen MR) is 80.6 cm³/mol. The third-order valence-electron chi connectivity index (χ3n) is 3.14. The zero-order chi connectivity index (χ0) is 15.2. The van der Waals surface area contributed by atoms with E-state index in [1.165, 1.54) is 0 Å². The van der Waals surface area contributed by atoms with E-state index in [0.717, 1.165) is 5.56 Å². The van der Waals surface area contributed by atoms with Crippen LogP contribution in [0.25, 0.3) is 11.4 Å². The molecular formula is C16H21N3O2. The number of hydrogen-bond acceptors (Lipinski definition) is 4. The lowest BCUT2D eigenvalue weighted by molar-refractivity contribution is -0.145. The van der Waals surface area contributed by atoms with Crippen molar-refractivity contribution in [1.29, 1.82) is 0 Å². The van der Waals surface area contributed by atoms with Gasteiger partial charge in [-0.05, 0) is 19.3 Å². The average molecular weight is 287 g/mol. The Morgan fingerprint density at radius 1 is 1.29 bits per heavy atom. The Kier molecular flexibility index (Phi) is 5.09. The fourth-order valence-corrected chi connectivity index (χ4v) is 2.18. The second-order valence-corrected chi connectivity index (χ2v) is 5.34. The molecule has 0 spiro atoms. The summed E-state index contributed by atoms with van der Waals surface area (Å²) in [5, 5.41) is 7.10. The number of hydrogen-bond donors (Lipinski definition) is 1. The van der Waals surface area contributed by atoms with Crippen molar-refractivity contribution in [2.75, 3.05) is 6.61 Å². The molecular weight excluding hydrogens is 266 g/mol. The molecule has 1 aromatic heterocycles. The Hall–Kier alpha value is -2.17. The van der Waals surface area contributed by atoms with Crippen LogP contribution in [-0.2, 0) is 9.53 Å². The van der Waals surface area contributed by atoms with Crippen LogP contribution < -0.4 is 0 Å². The van der Waals surface area contributed by atoms with E-state index in [0.29, 0.717) is 30.6 Å². The number of nitrogens with zero attached hydrogens (tertiary/aromatic N) is 2. The molecule has 112 valence electrons. The van der Waals surface area contributed by atoms with Crippen LogP contribution in [-0.4, -0.2) is 27.8 Å². The molecule has 1 unspecified atom stereocenters. The van der Waals surface area contributed by atoms with Crippen molar-refractivity contribution in [2.45, 2.75) is 33.1 Å². The molecule has 0 fully saturated rings. The van der Waals surface area contributed by atoms with Crippen molar-refractivity contribution in [3.8, 4) is 11.4 Å². The molecule has 2 aromatic rings. The van der Waals surface area contributed by atoms with E-state index in [4.69, 9.17) is 4.74 Å². The molecule has 21 heavy (non-hydrogen) atoms. The summed E-state index contributed by atoms with van der Waals surface area (Å²) in [6.07, 6.45) is 0.683. The van der Waals surface area contributed by atoms with E-state index in [1.54, 1.807) is 6.92 Å². The standard InChI is InChI=1S/C16H21N3O2/c1-4-21-16(20)13(10-11(2)3)15-17-14(18-19-15)12-8-6-5-7-9-12/h5-9,11,13H,4,10H2,1-3H3,(H,17,18,19). The van der Waals surface area contributed by atoms with Gasteiger partial charge in [-0.15, -0.1) is 0 Å². The van der Waals surface area contributed by atoms with Crippen LogP contribution >= 0.6 is 0 Å². The number of carbonyl (C=O) groups excluding carboxylic acids is 1. The Morgan fingerprint density at radius 2 is 2.00 bits per heavy atom. The van der Waals surface area contributed by atoms with E-state index in [2.05, 4.69) is 29.0 Å². The van der Waals surface area contributed by atoms with E-state index in [-0.39, 0.29) is 5.97 Å². The Balaban J connectivity index is 2.25. The molecule has 0 aliphatic heterocycles. The van der Waals surface area contributed by atoms with Crippen molar-refractivity contribution in [2.24, 2.45) is 5.92 Å². The van der Waals surface area contributed by atoms with Crippen LogP contribution in [0.4, 0.5) is 0 Å². The van der Waals surface area contributed by atoms with Crippen LogP contribution in [0.3, 0.4) is 0 Å². The minimum absolute atomic E-state index is 0.248. The minimum Gasteiger partial charge on any atom is -0.465 e. The third-order valence-corrected chi connectivity index (χ3v) is 3.14. The smallest absolute Gasteiger partial charge is 0.316 e. The van der Waals surface area contributed by atoms with E-state index < -0.39 is 5.92 Å². The number of H-pyrrole nitrogens is 1. The Labute approximate surface area is 124 Å². The van der Waals surface area contributed by atoms with Crippen molar-refractivity contribution in [3.63, 3.8) is 0 Å². The molecule has 0 radical (unpaired) electrons. The highest BCUT2D eigenvalue weighted by Crippen LogP contribution is 2.24. The van der Waals surface area contributed by atoms with Gasteiger partial charge in [0.25, 0.3) is 0 Å². The summed E-state index contributed by atoms with van der Waals surface area (Å²) < 4.78 is 5.15. The molecule has 0 aliphatic carbocycles. The van der Waals surface area contributed by atoms with Crippen LogP contribution in [0.1, 0.15) is 38.9 Å². The van der Waals surface area contributed by atoms with Crippen molar-refractivity contribution in [3.05, 3.63) is 36.2 Å². The van der Waals surface area contributed by atoms with Crippen LogP contribution in [0.2, 0.25) is 0 Å². The fourth-order valence-electron chi connectivity index (χ4n) is 2.18. The second kappa shape index (κ2) is 7.02. The third kappa shape index (κ3) is 3.90. The SMILES string of the molecule is CCOC(=O)C(CC(C)C)c1nc(-c2ccccc2)n[nH]1. The summed E-state index contributed by atoms with van der Waals surface area (Å²) in [7, 11) is 0. The maximum atomic E-state index is 12.1. The zero-order valence-electron chi connectivity index (χ0n) is 12.7. The molecule has 1 aromatic carbocycles. The first-order valence-corrected chi connectivity index (χ1v) is 7.26. The molecule has 0 bridgehead atoms. The highest BCUT2D eigenvalue weighted by molar-refractivity contribution is 5.77. The van der Waals surface area contributed by atoms with Gasteiger partial charge >= 0.3 is 5.97 Å². The van der Waals surface area contributed by atoms with Crippen LogP contribution in [0.15, 0.2) is 30.3 Å². The fraction of sp³-hybridized carbons (Fsp3) is 0.438. The van der Waals surface area contributed by atoms with Crippen molar-refractivity contribution < 1.29 is 9.53 Å². The first-order valence-electron chi connectivity index (χ1n) is 7.26. The van der Waals surface area contributed by atoms with Gasteiger partial charge in [-0.25, -0.2) is 4.98 Å². The van der Waals surface area contributed by atoms with Gasteiger partial charge in [-0.3, -0.25) is 9.89 Å². The maximum Gasteiger partial charge on any atom is 0.316 e. The summed E-state index contributed by atoms with van der Waals surface area (Å²) in [4.78, 5) is 16.6. The highest BCUT2D eigenvalue weighted by atomic mass is 16.5. The van der Waals surface area contributed by atoms with Crippen LogP contribution in [0, 0.1) is 5.92 Å². The van der Waals surface area contributed by atoms with Crippen LogP contribution in [0.5, 0.6) is 0 Å². The number of nitrogens with one attached hydrogen (secondary N) is 1. The monoisotopic (exact) mass is 287 g/mol. The molecule has 0 saturated carbocycles. The molecule has 5 heteroatoms. The number of carbonyl (C=O) groups is 1. The Morgan fingerprint density at radius 3 is 2.62 bits per heavy atom. The molecule has 0 saturated heterocycles. The van der Waals surface area contributed by atoms with E-state index in [9.17, 15) is 4.79 Å². The molecule has 0 aliphatic rings. The topological polar surface area (TPSA) is 67.9 Å². The largest absolute Gasteiger partial charge is 0.465 e. The second-order valence-electron chi connectivity index (χ2n) is 5.34. The molecule has 5 nitrogen and oxygen atoms in total. The molecule has 1 atom stereocenters. The van der Waals surface area contributed by atoms with Gasteiger partial charge in [0.2, 0.25) is 0 Å². The summed E-state index contributed by atoms with van der Waals surface area (Å²) in [6, 6.07) is 9.69. The molecule has 0 amide bonds.